The lowest BCUT2D eigenvalue weighted by Crippen LogP contribution is -2.10. The van der Waals surface area contributed by atoms with Crippen molar-refractivity contribution in [1.82, 2.24) is 4.98 Å². The van der Waals surface area contributed by atoms with E-state index in [1.807, 2.05) is 5.43 Å². The van der Waals surface area contributed by atoms with Crippen molar-refractivity contribution in [2.24, 2.45) is 5.84 Å². The lowest BCUT2D eigenvalue weighted by molar-refractivity contribution is 0.146. The largest absolute Gasteiger partial charge is 0.323 e. The standard InChI is InChI=1S/C10H6F5N3/c11-3-1-4(12)8(13)9-7(3)5(18-16)2-6(17-9)10(14)15/h1-2,10H,16H2,(H,17,18). The third-order valence-electron chi connectivity index (χ3n) is 2.33. The van der Waals surface area contributed by atoms with Crippen LogP contribution in [0.3, 0.4) is 0 Å². The van der Waals surface area contributed by atoms with Crippen LogP contribution in [0.1, 0.15) is 12.1 Å². The molecule has 1 heterocycles. The van der Waals surface area contributed by atoms with Gasteiger partial charge in [0, 0.05) is 6.07 Å². The lowest BCUT2D eigenvalue weighted by atomic mass is 10.1. The van der Waals surface area contributed by atoms with Gasteiger partial charge in [0.05, 0.1) is 11.1 Å². The van der Waals surface area contributed by atoms with Crippen molar-refractivity contribution in [3.63, 3.8) is 0 Å². The molecule has 1 aromatic carbocycles. The van der Waals surface area contributed by atoms with Gasteiger partial charge in [-0.2, -0.15) is 0 Å². The molecule has 0 radical (unpaired) electrons. The number of fused-ring (bicyclic) bond motifs is 1. The Hall–Kier alpha value is -1.96. The average Bonchev–Trinajstić information content (AvgIpc) is 2.34. The van der Waals surface area contributed by atoms with E-state index in [2.05, 4.69) is 4.98 Å². The van der Waals surface area contributed by atoms with Gasteiger partial charge in [0.2, 0.25) is 0 Å². The number of nitrogen functional groups attached to an aromatic ring is 1. The van der Waals surface area contributed by atoms with Gasteiger partial charge in [0.1, 0.15) is 17.0 Å². The van der Waals surface area contributed by atoms with E-state index in [9.17, 15) is 22.0 Å². The van der Waals surface area contributed by atoms with E-state index in [0.717, 1.165) is 6.07 Å². The molecule has 18 heavy (non-hydrogen) atoms. The fourth-order valence-corrected chi connectivity index (χ4v) is 1.55. The molecule has 0 aliphatic carbocycles. The second-order valence-corrected chi connectivity index (χ2v) is 3.42. The molecule has 0 spiro atoms. The summed E-state index contributed by atoms with van der Waals surface area (Å²) in [5.74, 6) is 0.867. The number of hydrogen-bond acceptors (Lipinski definition) is 3. The highest BCUT2D eigenvalue weighted by molar-refractivity contribution is 5.92. The molecule has 0 unspecified atom stereocenters. The summed E-state index contributed by atoms with van der Waals surface area (Å²) in [6.45, 7) is 0. The number of nitrogens with zero attached hydrogens (tertiary/aromatic N) is 1. The number of nitrogens with one attached hydrogen (secondary N) is 1. The highest BCUT2D eigenvalue weighted by Crippen LogP contribution is 2.31. The molecule has 3 nitrogen and oxygen atoms in total. The van der Waals surface area contributed by atoms with Crippen LogP contribution >= 0.6 is 0 Å². The Bertz CT molecular complexity index is 614. The first-order valence-electron chi connectivity index (χ1n) is 4.68. The number of halogens is 5. The summed E-state index contributed by atoms with van der Waals surface area (Å²) in [4.78, 5) is 3.20. The Morgan fingerprint density at radius 1 is 1.11 bits per heavy atom. The van der Waals surface area contributed by atoms with Gasteiger partial charge in [0.25, 0.3) is 6.43 Å². The quantitative estimate of drug-likeness (QED) is 0.379. The summed E-state index contributed by atoms with van der Waals surface area (Å²) in [6.07, 6.45) is -3.02. The van der Waals surface area contributed by atoms with Gasteiger partial charge in [-0.25, -0.2) is 26.9 Å². The molecular weight excluding hydrogens is 257 g/mol. The molecule has 0 fully saturated rings. The summed E-state index contributed by atoms with van der Waals surface area (Å²) < 4.78 is 64.9. The molecule has 8 heteroatoms. The van der Waals surface area contributed by atoms with E-state index < -0.39 is 40.5 Å². The van der Waals surface area contributed by atoms with Crippen molar-refractivity contribution in [3.05, 3.63) is 35.3 Å². The van der Waals surface area contributed by atoms with E-state index in [4.69, 9.17) is 5.84 Å². The van der Waals surface area contributed by atoms with Crippen LogP contribution in [-0.4, -0.2) is 4.98 Å². The van der Waals surface area contributed by atoms with Gasteiger partial charge < -0.3 is 5.43 Å². The Morgan fingerprint density at radius 3 is 2.33 bits per heavy atom. The third-order valence-corrected chi connectivity index (χ3v) is 2.33. The number of rotatable bonds is 2. The fraction of sp³-hybridized carbons (Fsp3) is 0.100. The van der Waals surface area contributed by atoms with Gasteiger partial charge in [-0.05, 0) is 6.07 Å². The summed E-state index contributed by atoms with van der Waals surface area (Å²) in [6, 6.07) is 1.07. The molecule has 0 aliphatic rings. The second-order valence-electron chi connectivity index (χ2n) is 3.42. The molecule has 2 aromatic rings. The van der Waals surface area contributed by atoms with Crippen LogP contribution in [0.5, 0.6) is 0 Å². The summed E-state index contributed by atoms with van der Waals surface area (Å²) >= 11 is 0. The molecule has 0 amide bonds. The van der Waals surface area contributed by atoms with Crippen LogP contribution in [0.2, 0.25) is 0 Å². The average molecular weight is 263 g/mol. The Morgan fingerprint density at radius 2 is 1.78 bits per heavy atom. The summed E-state index contributed by atoms with van der Waals surface area (Å²) in [5, 5.41) is -0.485. The SMILES string of the molecule is NNc1cc(C(F)F)nc2c(F)c(F)cc(F)c12. The maximum Gasteiger partial charge on any atom is 0.280 e. The second kappa shape index (κ2) is 4.37. The van der Waals surface area contributed by atoms with Crippen LogP contribution in [0.15, 0.2) is 12.1 Å². The zero-order chi connectivity index (χ0) is 13.4. The van der Waals surface area contributed by atoms with Crippen LogP contribution < -0.4 is 11.3 Å². The first kappa shape index (κ1) is 12.5. The number of hydrogen-bond donors (Lipinski definition) is 2. The molecule has 0 saturated carbocycles. The fourth-order valence-electron chi connectivity index (χ4n) is 1.55. The molecule has 3 N–H and O–H groups in total. The van der Waals surface area contributed by atoms with Gasteiger partial charge in [-0.1, -0.05) is 0 Å². The maximum absolute atomic E-state index is 13.5. The number of alkyl halides is 2. The predicted molar refractivity (Wildman–Crippen MR) is 54.4 cm³/mol. The molecule has 2 rings (SSSR count). The highest BCUT2D eigenvalue weighted by Gasteiger charge is 2.20. The number of nitrogens with two attached hydrogens (primary N) is 1. The van der Waals surface area contributed by atoms with E-state index in [1.165, 1.54) is 0 Å². The molecule has 96 valence electrons. The molecule has 0 atom stereocenters. The monoisotopic (exact) mass is 263 g/mol. The molecular formula is C10H6F5N3. The van der Waals surface area contributed by atoms with Crippen LogP contribution in [0.4, 0.5) is 27.6 Å². The van der Waals surface area contributed by atoms with Crippen molar-refractivity contribution in [2.45, 2.75) is 6.43 Å². The van der Waals surface area contributed by atoms with Gasteiger partial charge >= 0.3 is 0 Å². The third kappa shape index (κ3) is 1.84. The molecule has 1 aromatic heterocycles. The van der Waals surface area contributed by atoms with Crippen LogP contribution in [0.25, 0.3) is 10.9 Å². The molecule has 0 saturated heterocycles. The van der Waals surface area contributed by atoms with Gasteiger partial charge in [0.15, 0.2) is 11.6 Å². The van der Waals surface area contributed by atoms with E-state index >= 15 is 0 Å². The number of hydrazine groups is 1. The number of anilines is 1. The van der Waals surface area contributed by atoms with Gasteiger partial charge in [-0.3, -0.25) is 5.84 Å². The van der Waals surface area contributed by atoms with E-state index in [0.29, 0.717) is 6.07 Å². The minimum Gasteiger partial charge on any atom is -0.323 e. The van der Waals surface area contributed by atoms with Crippen molar-refractivity contribution in [1.29, 1.82) is 0 Å². The first-order valence-corrected chi connectivity index (χ1v) is 4.68. The first-order chi connectivity index (χ1) is 8.45. The topological polar surface area (TPSA) is 50.9 Å². The van der Waals surface area contributed by atoms with Crippen molar-refractivity contribution < 1.29 is 22.0 Å². The lowest BCUT2D eigenvalue weighted by Gasteiger charge is -2.10. The van der Waals surface area contributed by atoms with E-state index in [1.54, 1.807) is 0 Å². The number of aromatic nitrogens is 1. The highest BCUT2D eigenvalue weighted by atomic mass is 19.3. The van der Waals surface area contributed by atoms with E-state index in [-0.39, 0.29) is 5.69 Å². The van der Waals surface area contributed by atoms with Crippen LogP contribution in [0, 0.1) is 17.5 Å². The minimum atomic E-state index is -3.02. The number of benzene rings is 1. The zero-order valence-corrected chi connectivity index (χ0v) is 8.65. The predicted octanol–water partition coefficient (Wildman–Crippen LogP) is 2.88. The van der Waals surface area contributed by atoms with Crippen molar-refractivity contribution in [3.8, 4) is 0 Å². The summed E-state index contributed by atoms with van der Waals surface area (Å²) in [5.41, 5.74) is -0.0179. The summed E-state index contributed by atoms with van der Waals surface area (Å²) in [7, 11) is 0. The Balaban J connectivity index is 2.92. The van der Waals surface area contributed by atoms with Crippen molar-refractivity contribution >= 4 is 16.6 Å². The zero-order valence-electron chi connectivity index (χ0n) is 8.65. The van der Waals surface area contributed by atoms with Crippen molar-refractivity contribution in [2.75, 3.05) is 5.43 Å². The van der Waals surface area contributed by atoms with Gasteiger partial charge in [-0.15, -0.1) is 0 Å². The Labute approximate surface area is 97.4 Å². The molecule has 0 bridgehead atoms. The molecule has 0 aliphatic heterocycles. The van der Waals surface area contributed by atoms with Crippen LogP contribution in [-0.2, 0) is 0 Å². The normalized spacial score (nSPS) is 11.3. The smallest absolute Gasteiger partial charge is 0.280 e. The minimum absolute atomic E-state index is 0.294. The number of pyridine rings is 1. The maximum atomic E-state index is 13.5. The Kier molecular flexibility index (Phi) is 3.04.